The van der Waals surface area contributed by atoms with Crippen LogP contribution >= 0.6 is 0 Å². The smallest absolute Gasteiger partial charge is 0.335 e. The Morgan fingerprint density at radius 2 is 1.94 bits per heavy atom. The Balaban J connectivity index is 2.11. The summed E-state index contributed by atoms with van der Waals surface area (Å²) in [5.74, 6) is 0.0307. The van der Waals surface area contributed by atoms with Crippen molar-refractivity contribution in [1.29, 1.82) is 0 Å². The molecule has 2 N–H and O–H groups in total. The first-order valence-corrected chi connectivity index (χ1v) is 5.26. The van der Waals surface area contributed by atoms with Gasteiger partial charge in [0.25, 0.3) is 0 Å². The van der Waals surface area contributed by atoms with E-state index in [1.807, 2.05) is 0 Å². The fourth-order valence-corrected chi connectivity index (χ4v) is 1.38. The third kappa shape index (κ3) is 2.83. The van der Waals surface area contributed by atoms with Crippen LogP contribution in [0.2, 0.25) is 0 Å². The average Bonchev–Trinajstić information content (AvgIpc) is 2.85. The summed E-state index contributed by atoms with van der Waals surface area (Å²) in [6, 6.07) is 9.54. The number of nitrogens with zero attached hydrogens (tertiary/aromatic N) is 1. The second-order valence-corrected chi connectivity index (χ2v) is 3.57. The molecule has 0 aliphatic carbocycles. The van der Waals surface area contributed by atoms with Crippen LogP contribution in [0.4, 0.5) is 5.69 Å². The number of rotatable bonds is 4. The maximum Gasteiger partial charge on any atom is 0.335 e. The minimum Gasteiger partial charge on any atom is -0.478 e. The third-order valence-electron chi connectivity index (χ3n) is 2.29. The molecule has 0 amide bonds. The van der Waals surface area contributed by atoms with Crippen molar-refractivity contribution in [3.05, 3.63) is 53.5 Å². The maximum atomic E-state index is 10.7. The van der Waals surface area contributed by atoms with E-state index in [4.69, 9.17) is 14.6 Å². The molecule has 1 heterocycles. The SMILES string of the molecule is O=C(O)c1ccc(N=Cc2ccc(CO)o2)cc1. The van der Waals surface area contributed by atoms with E-state index in [1.165, 1.54) is 18.3 Å². The molecule has 1 aromatic heterocycles. The van der Waals surface area contributed by atoms with Crippen molar-refractivity contribution in [1.82, 2.24) is 0 Å². The molecule has 5 heteroatoms. The number of aliphatic hydroxyl groups excluding tert-OH is 1. The van der Waals surface area contributed by atoms with E-state index in [0.717, 1.165) is 0 Å². The fourth-order valence-electron chi connectivity index (χ4n) is 1.38. The number of aliphatic hydroxyl groups is 1. The molecule has 0 fully saturated rings. The zero-order chi connectivity index (χ0) is 13.0. The molecular weight excluding hydrogens is 234 g/mol. The van der Waals surface area contributed by atoms with Crippen molar-refractivity contribution < 1.29 is 19.4 Å². The lowest BCUT2D eigenvalue weighted by molar-refractivity contribution is 0.0697. The van der Waals surface area contributed by atoms with Crippen LogP contribution in [0.5, 0.6) is 0 Å². The van der Waals surface area contributed by atoms with Crippen molar-refractivity contribution in [2.45, 2.75) is 6.61 Å². The molecule has 0 atom stereocenters. The van der Waals surface area contributed by atoms with Crippen molar-refractivity contribution in [3.8, 4) is 0 Å². The lowest BCUT2D eigenvalue weighted by atomic mass is 10.2. The minimum absolute atomic E-state index is 0.152. The molecule has 0 saturated carbocycles. The zero-order valence-electron chi connectivity index (χ0n) is 9.41. The molecular formula is C13H11NO4. The molecule has 0 bridgehead atoms. The standard InChI is InChI=1S/C13H11NO4/c15-8-12-6-5-11(18-12)7-14-10-3-1-9(2-4-10)13(16)17/h1-7,15H,8H2,(H,16,17). The van der Waals surface area contributed by atoms with Crippen LogP contribution < -0.4 is 0 Å². The highest BCUT2D eigenvalue weighted by Gasteiger charge is 2.01. The van der Waals surface area contributed by atoms with Crippen molar-refractivity contribution in [2.75, 3.05) is 0 Å². The summed E-state index contributed by atoms with van der Waals surface area (Å²) >= 11 is 0. The first kappa shape index (κ1) is 12.1. The number of carboxylic acids is 1. The summed E-state index contributed by atoms with van der Waals surface area (Å²) in [6.45, 7) is -0.152. The summed E-state index contributed by atoms with van der Waals surface area (Å²) in [4.78, 5) is 14.8. The van der Waals surface area contributed by atoms with Gasteiger partial charge in [-0.2, -0.15) is 0 Å². The van der Waals surface area contributed by atoms with Crippen LogP contribution in [0, 0.1) is 0 Å². The normalized spacial score (nSPS) is 10.9. The number of carbonyl (C=O) groups is 1. The van der Waals surface area contributed by atoms with Gasteiger partial charge >= 0.3 is 5.97 Å². The molecule has 0 spiro atoms. The Hall–Kier alpha value is -2.40. The summed E-state index contributed by atoms with van der Waals surface area (Å²) in [6.07, 6.45) is 1.51. The number of aliphatic imine (C=N–C) groups is 1. The Bertz CT molecular complexity index is 569. The average molecular weight is 245 g/mol. The van der Waals surface area contributed by atoms with Crippen LogP contribution in [0.15, 0.2) is 45.8 Å². The van der Waals surface area contributed by atoms with Crippen LogP contribution in [0.25, 0.3) is 0 Å². The van der Waals surface area contributed by atoms with E-state index in [9.17, 15) is 4.79 Å². The Morgan fingerprint density at radius 3 is 2.50 bits per heavy atom. The van der Waals surface area contributed by atoms with Gasteiger partial charge in [-0.3, -0.25) is 4.99 Å². The molecule has 92 valence electrons. The number of hydrogen-bond acceptors (Lipinski definition) is 4. The monoisotopic (exact) mass is 245 g/mol. The molecule has 0 aliphatic heterocycles. The minimum atomic E-state index is -0.968. The summed E-state index contributed by atoms with van der Waals surface area (Å²) in [5, 5.41) is 17.6. The number of hydrogen-bond donors (Lipinski definition) is 2. The Labute approximate surface area is 103 Å². The van der Waals surface area contributed by atoms with Gasteiger partial charge in [-0.1, -0.05) is 0 Å². The third-order valence-corrected chi connectivity index (χ3v) is 2.29. The number of furan rings is 1. The van der Waals surface area contributed by atoms with Gasteiger partial charge in [0.1, 0.15) is 18.1 Å². The molecule has 2 rings (SSSR count). The van der Waals surface area contributed by atoms with Gasteiger partial charge in [0.15, 0.2) is 0 Å². The lowest BCUT2D eigenvalue weighted by Crippen LogP contribution is -1.94. The maximum absolute atomic E-state index is 10.7. The topological polar surface area (TPSA) is 83.0 Å². The highest BCUT2D eigenvalue weighted by molar-refractivity contribution is 5.88. The predicted molar refractivity (Wildman–Crippen MR) is 65.3 cm³/mol. The van der Waals surface area contributed by atoms with E-state index in [1.54, 1.807) is 24.3 Å². The quantitative estimate of drug-likeness (QED) is 0.809. The largest absolute Gasteiger partial charge is 0.478 e. The van der Waals surface area contributed by atoms with Crippen LogP contribution in [0.3, 0.4) is 0 Å². The second kappa shape index (κ2) is 5.29. The number of aromatic carboxylic acids is 1. The van der Waals surface area contributed by atoms with Crippen molar-refractivity contribution in [2.24, 2.45) is 4.99 Å². The highest BCUT2D eigenvalue weighted by Crippen LogP contribution is 2.14. The second-order valence-electron chi connectivity index (χ2n) is 3.57. The predicted octanol–water partition coefficient (Wildman–Crippen LogP) is 2.22. The molecule has 0 radical (unpaired) electrons. The summed E-state index contributed by atoms with van der Waals surface area (Å²) in [7, 11) is 0. The van der Waals surface area contributed by atoms with Gasteiger partial charge in [0, 0.05) is 0 Å². The first-order chi connectivity index (χ1) is 8.69. The van der Waals surface area contributed by atoms with Crippen molar-refractivity contribution in [3.63, 3.8) is 0 Å². The molecule has 1 aromatic carbocycles. The molecule has 5 nitrogen and oxygen atoms in total. The van der Waals surface area contributed by atoms with Crippen LogP contribution in [-0.2, 0) is 6.61 Å². The van der Waals surface area contributed by atoms with E-state index in [0.29, 0.717) is 17.2 Å². The zero-order valence-corrected chi connectivity index (χ0v) is 9.41. The molecule has 0 aliphatic rings. The van der Waals surface area contributed by atoms with Gasteiger partial charge in [-0.25, -0.2) is 4.79 Å². The lowest BCUT2D eigenvalue weighted by Gasteiger charge is -1.95. The van der Waals surface area contributed by atoms with Gasteiger partial charge in [0.05, 0.1) is 17.5 Å². The van der Waals surface area contributed by atoms with E-state index in [-0.39, 0.29) is 12.2 Å². The van der Waals surface area contributed by atoms with Crippen molar-refractivity contribution >= 4 is 17.9 Å². The molecule has 0 unspecified atom stereocenters. The molecule has 18 heavy (non-hydrogen) atoms. The molecule has 2 aromatic rings. The highest BCUT2D eigenvalue weighted by atomic mass is 16.4. The van der Waals surface area contributed by atoms with Crippen LogP contribution in [0.1, 0.15) is 21.9 Å². The van der Waals surface area contributed by atoms with E-state index >= 15 is 0 Å². The van der Waals surface area contributed by atoms with Crippen LogP contribution in [-0.4, -0.2) is 22.4 Å². The van der Waals surface area contributed by atoms with Gasteiger partial charge in [0.2, 0.25) is 0 Å². The Morgan fingerprint density at radius 1 is 1.22 bits per heavy atom. The number of carboxylic acid groups (broad SMARTS) is 1. The number of benzene rings is 1. The summed E-state index contributed by atoms with van der Waals surface area (Å²) < 4.78 is 5.22. The van der Waals surface area contributed by atoms with E-state index in [2.05, 4.69) is 4.99 Å². The molecule has 0 saturated heterocycles. The summed E-state index contributed by atoms with van der Waals surface area (Å²) in [5.41, 5.74) is 0.844. The Kier molecular flexibility index (Phi) is 3.54. The van der Waals surface area contributed by atoms with Gasteiger partial charge in [-0.05, 0) is 36.4 Å². The van der Waals surface area contributed by atoms with E-state index < -0.39 is 5.97 Å². The fraction of sp³-hybridized carbons (Fsp3) is 0.0769. The van der Waals surface area contributed by atoms with Gasteiger partial charge < -0.3 is 14.6 Å². The van der Waals surface area contributed by atoms with Gasteiger partial charge in [-0.15, -0.1) is 0 Å². The first-order valence-electron chi connectivity index (χ1n) is 5.26.